The maximum absolute atomic E-state index is 12.9. The molecule has 0 bridgehead atoms. The first-order valence-corrected chi connectivity index (χ1v) is 10.8. The van der Waals surface area contributed by atoms with Gasteiger partial charge in [-0.15, -0.1) is 0 Å². The monoisotopic (exact) mass is 403 g/mol. The van der Waals surface area contributed by atoms with E-state index in [4.69, 9.17) is 0 Å². The molecule has 0 radical (unpaired) electrons. The number of amides is 1. The lowest BCUT2D eigenvalue weighted by atomic mass is 10.2. The van der Waals surface area contributed by atoms with Gasteiger partial charge in [-0.1, -0.05) is 18.9 Å². The van der Waals surface area contributed by atoms with Gasteiger partial charge in [-0.25, -0.2) is 18.4 Å². The van der Waals surface area contributed by atoms with Gasteiger partial charge in [-0.05, 0) is 51.0 Å². The van der Waals surface area contributed by atoms with Crippen molar-refractivity contribution in [2.24, 2.45) is 0 Å². The number of anilines is 1. The molecule has 1 fully saturated rings. The number of carbonyl (C=O) groups is 1. The Hall–Kier alpha value is -2.52. The fraction of sp³-hybridized carbons (Fsp3) is 0.421. The van der Waals surface area contributed by atoms with Crippen LogP contribution in [0.4, 0.5) is 5.95 Å². The summed E-state index contributed by atoms with van der Waals surface area (Å²) in [5.41, 5.74) is 6.98. The summed E-state index contributed by atoms with van der Waals surface area (Å²) < 4.78 is 27.4. The first kappa shape index (κ1) is 20.2. The predicted octanol–water partition coefficient (Wildman–Crippen LogP) is 2.42. The van der Waals surface area contributed by atoms with Gasteiger partial charge >= 0.3 is 0 Å². The van der Waals surface area contributed by atoms with E-state index in [1.807, 2.05) is 19.9 Å². The van der Waals surface area contributed by atoms with Crippen LogP contribution in [-0.4, -0.2) is 41.7 Å². The first-order valence-electron chi connectivity index (χ1n) is 9.35. The van der Waals surface area contributed by atoms with Gasteiger partial charge in [-0.3, -0.25) is 15.6 Å². The number of carbonyl (C=O) groups excluding carboxylic acids is 1. The van der Waals surface area contributed by atoms with Gasteiger partial charge in [0.1, 0.15) is 0 Å². The van der Waals surface area contributed by atoms with Gasteiger partial charge in [0.05, 0.1) is 4.90 Å². The SMILES string of the molecule is Cc1cc(C)nc(NNC(=O)c2cccc(S(=O)(=O)N3CCCCCC3)c2)n1. The van der Waals surface area contributed by atoms with E-state index in [1.54, 1.807) is 12.1 Å². The number of aryl methyl sites for hydroxylation is 2. The zero-order chi connectivity index (χ0) is 20.1. The zero-order valence-corrected chi connectivity index (χ0v) is 16.9. The number of sulfonamides is 1. The van der Waals surface area contributed by atoms with Gasteiger partial charge < -0.3 is 0 Å². The highest BCUT2D eigenvalue weighted by atomic mass is 32.2. The summed E-state index contributed by atoms with van der Waals surface area (Å²) in [4.78, 5) is 21.0. The zero-order valence-electron chi connectivity index (χ0n) is 16.1. The number of hydrazine groups is 1. The van der Waals surface area contributed by atoms with E-state index >= 15 is 0 Å². The van der Waals surface area contributed by atoms with Crippen molar-refractivity contribution in [3.05, 3.63) is 47.3 Å². The maximum atomic E-state index is 12.9. The summed E-state index contributed by atoms with van der Waals surface area (Å²) in [6, 6.07) is 7.90. The molecule has 2 N–H and O–H groups in total. The number of aromatic nitrogens is 2. The lowest BCUT2D eigenvalue weighted by Crippen LogP contribution is -2.33. The molecule has 150 valence electrons. The molecule has 2 aromatic rings. The van der Waals surface area contributed by atoms with E-state index in [0.29, 0.717) is 13.1 Å². The van der Waals surface area contributed by atoms with E-state index < -0.39 is 15.9 Å². The summed E-state index contributed by atoms with van der Waals surface area (Å²) >= 11 is 0. The summed E-state index contributed by atoms with van der Waals surface area (Å²) in [6.07, 6.45) is 3.81. The summed E-state index contributed by atoms with van der Waals surface area (Å²) in [5, 5.41) is 0. The Morgan fingerprint density at radius 1 is 1.00 bits per heavy atom. The van der Waals surface area contributed by atoms with Crippen molar-refractivity contribution in [2.45, 2.75) is 44.4 Å². The molecule has 0 spiro atoms. The molecule has 1 aliphatic rings. The molecule has 0 aliphatic carbocycles. The van der Waals surface area contributed by atoms with Crippen molar-refractivity contribution in [2.75, 3.05) is 18.5 Å². The van der Waals surface area contributed by atoms with Crippen molar-refractivity contribution in [1.29, 1.82) is 0 Å². The molecule has 8 nitrogen and oxygen atoms in total. The molecular weight excluding hydrogens is 378 g/mol. The minimum atomic E-state index is -3.61. The fourth-order valence-electron chi connectivity index (χ4n) is 3.20. The van der Waals surface area contributed by atoms with Crippen molar-refractivity contribution in [1.82, 2.24) is 19.7 Å². The third-order valence-corrected chi connectivity index (χ3v) is 6.46. The van der Waals surface area contributed by atoms with Crippen LogP contribution in [-0.2, 0) is 10.0 Å². The molecule has 9 heteroatoms. The third kappa shape index (κ3) is 4.85. The predicted molar refractivity (Wildman–Crippen MR) is 106 cm³/mol. The molecule has 2 heterocycles. The van der Waals surface area contributed by atoms with Gasteiger partial charge in [0.15, 0.2) is 0 Å². The van der Waals surface area contributed by atoms with Crippen LogP contribution in [0, 0.1) is 13.8 Å². The minimum Gasteiger partial charge on any atom is -0.267 e. The summed E-state index contributed by atoms with van der Waals surface area (Å²) in [5.74, 6) is -0.185. The third-order valence-electron chi connectivity index (χ3n) is 4.57. The second-order valence-corrected chi connectivity index (χ2v) is 8.84. The van der Waals surface area contributed by atoms with Crippen molar-refractivity contribution in [3.8, 4) is 0 Å². The van der Waals surface area contributed by atoms with Crippen LogP contribution in [0.1, 0.15) is 47.4 Å². The molecule has 0 unspecified atom stereocenters. The topological polar surface area (TPSA) is 104 Å². The highest BCUT2D eigenvalue weighted by molar-refractivity contribution is 7.89. The summed E-state index contributed by atoms with van der Waals surface area (Å²) in [7, 11) is -3.61. The highest BCUT2D eigenvalue weighted by Gasteiger charge is 2.25. The largest absolute Gasteiger partial charge is 0.269 e. The summed E-state index contributed by atoms with van der Waals surface area (Å²) in [6.45, 7) is 4.70. The van der Waals surface area contributed by atoms with Gasteiger partial charge in [0.2, 0.25) is 16.0 Å². The van der Waals surface area contributed by atoms with Crippen LogP contribution in [0.15, 0.2) is 35.2 Å². The second-order valence-electron chi connectivity index (χ2n) is 6.90. The Kier molecular flexibility index (Phi) is 6.25. The lowest BCUT2D eigenvalue weighted by molar-refractivity contribution is 0.0962. The molecule has 1 aliphatic heterocycles. The Balaban J connectivity index is 1.73. The second kappa shape index (κ2) is 8.66. The number of nitrogens with one attached hydrogen (secondary N) is 2. The Morgan fingerprint density at radius 3 is 2.29 bits per heavy atom. The number of hydrogen-bond acceptors (Lipinski definition) is 6. The van der Waals surface area contributed by atoms with Crippen LogP contribution >= 0.6 is 0 Å². The lowest BCUT2D eigenvalue weighted by Gasteiger charge is -2.20. The van der Waals surface area contributed by atoms with Crippen LogP contribution in [0.3, 0.4) is 0 Å². The van der Waals surface area contributed by atoms with E-state index in [9.17, 15) is 13.2 Å². The quantitative estimate of drug-likeness (QED) is 0.743. The fourth-order valence-corrected chi connectivity index (χ4v) is 4.76. The number of benzene rings is 1. The van der Waals surface area contributed by atoms with E-state index in [-0.39, 0.29) is 16.4 Å². The number of hydrogen-bond donors (Lipinski definition) is 2. The number of rotatable bonds is 5. The molecule has 1 amide bonds. The Labute approximate surface area is 165 Å². The van der Waals surface area contributed by atoms with E-state index in [1.165, 1.54) is 16.4 Å². The molecule has 1 aromatic carbocycles. The smallest absolute Gasteiger partial charge is 0.267 e. The van der Waals surface area contributed by atoms with Crippen LogP contribution in [0.2, 0.25) is 0 Å². The van der Waals surface area contributed by atoms with Crippen molar-refractivity contribution < 1.29 is 13.2 Å². The van der Waals surface area contributed by atoms with Crippen molar-refractivity contribution in [3.63, 3.8) is 0 Å². The van der Waals surface area contributed by atoms with Gasteiger partial charge in [0.25, 0.3) is 5.91 Å². The van der Waals surface area contributed by atoms with Crippen LogP contribution in [0.5, 0.6) is 0 Å². The minimum absolute atomic E-state index is 0.129. The van der Waals surface area contributed by atoms with Gasteiger partial charge in [-0.2, -0.15) is 4.31 Å². The average molecular weight is 404 g/mol. The molecule has 1 aromatic heterocycles. The van der Waals surface area contributed by atoms with Crippen molar-refractivity contribution >= 4 is 21.9 Å². The van der Waals surface area contributed by atoms with Crippen LogP contribution in [0.25, 0.3) is 0 Å². The molecule has 1 saturated heterocycles. The highest BCUT2D eigenvalue weighted by Crippen LogP contribution is 2.21. The van der Waals surface area contributed by atoms with Crippen LogP contribution < -0.4 is 10.9 Å². The standard InChI is InChI=1S/C19H25N5O3S/c1-14-12-15(2)21-19(20-14)23-22-18(25)16-8-7-9-17(13-16)28(26,27)24-10-5-3-4-6-11-24/h7-9,12-13H,3-6,10-11H2,1-2H3,(H,22,25)(H,20,21,23). The average Bonchev–Trinajstić information content (AvgIpc) is 2.95. The number of nitrogens with zero attached hydrogens (tertiary/aromatic N) is 3. The Morgan fingerprint density at radius 2 is 1.64 bits per heavy atom. The van der Waals surface area contributed by atoms with E-state index in [2.05, 4.69) is 20.8 Å². The molecule has 28 heavy (non-hydrogen) atoms. The molecule has 0 atom stereocenters. The molecule has 0 saturated carbocycles. The first-order chi connectivity index (χ1) is 13.4. The molecule has 3 rings (SSSR count). The normalized spacial score (nSPS) is 15.6. The molecular formula is C19H25N5O3S. The van der Waals surface area contributed by atoms with Gasteiger partial charge in [0, 0.05) is 30.0 Å². The maximum Gasteiger partial charge on any atom is 0.269 e. The Bertz CT molecular complexity index is 934. The van der Waals surface area contributed by atoms with E-state index in [0.717, 1.165) is 37.1 Å².